The molecule has 3 heterocycles. The second kappa shape index (κ2) is 6.75. The summed E-state index contributed by atoms with van der Waals surface area (Å²) >= 11 is 1.65. The zero-order valence-corrected chi connectivity index (χ0v) is 14.1. The molecule has 0 unspecified atom stereocenters. The van der Waals surface area contributed by atoms with Crippen LogP contribution >= 0.6 is 11.3 Å². The second-order valence-electron chi connectivity index (χ2n) is 5.49. The van der Waals surface area contributed by atoms with E-state index in [1.54, 1.807) is 22.2 Å². The van der Waals surface area contributed by atoms with E-state index in [1.807, 2.05) is 23.5 Å². The van der Waals surface area contributed by atoms with Gasteiger partial charge in [0.1, 0.15) is 0 Å². The molecule has 0 spiro atoms. The highest BCUT2D eigenvalue weighted by Gasteiger charge is 2.31. The lowest BCUT2D eigenvalue weighted by atomic mass is 10.1. The fourth-order valence-electron chi connectivity index (χ4n) is 2.72. The summed E-state index contributed by atoms with van der Waals surface area (Å²) in [6.45, 7) is 0.564. The third-order valence-electron chi connectivity index (χ3n) is 3.92. The highest BCUT2D eigenvalue weighted by atomic mass is 32.2. The van der Waals surface area contributed by atoms with Crippen molar-refractivity contribution >= 4 is 28.0 Å². The van der Waals surface area contributed by atoms with Gasteiger partial charge in [-0.1, -0.05) is 0 Å². The molecule has 1 aliphatic rings. The smallest absolute Gasteiger partial charge is 0.223 e. The summed E-state index contributed by atoms with van der Waals surface area (Å²) in [7, 11) is 0.992. The molecule has 118 valence electrons. The Morgan fingerprint density at radius 2 is 2.41 bits per heavy atom. The van der Waals surface area contributed by atoms with E-state index in [9.17, 15) is 9.00 Å². The standard InChI is InChI=1S/C15H19N3O2S2/c1-17-9-13(8-16-17)14-11-22(20)7-5-18(14)15(19)3-2-12-4-6-21-10-12/h4,6,8-10,14H,2-3,5,7,11H2,1H3/t14-,22-/m1/s1. The highest BCUT2D eigenvalue weighted by Crippen LogP contribution is 2.26. The lowest BCUT2D eigenvalue weighted by molar-refractivity contribution is -0.133. The molecule has 0 aromatic carbocycles. The number of rotatable bonds is 4. The number of carbonyl (C=O) groups is 1. The predicted molar refractivity (Wildman–Crippen MR) is 88.2 cm³/mol. The molecular formula is C15H19N3O2S2. The lowest BCUT2D eigenvalue weighted by Crippen LogP contribution is -2.44. The van der Waals surface area contributed by atoms with E-state index in [-0.39, 0.29) is 11.9 Å². The summed E-state index contributed by atoms with van der Waals surface area (Å²) < 4.78 is 13.6. The number of nitrogens with zero attached hydrogens (tertiary/aromatic N) is 3. The van der Waals surface area contributed by atoms with Gasteiger partial charge in [0.05, 0.1) is 12.2 Å². The maximum absolute atomic E-state index is 12.6. The summed E-state index contributed by atoms with van der Waals surface area (Å²) in [4.78, 5) is 14.5. The largest absolute Gasteiger partial charge is 0.334 e. The molecule has 2 atom stereocenters. The Hall–Kier alpha value is -1.47. The maximum atomic E-state index is 12.6. The van der Waals surface area contributed by atoms with Crippen LogP contribution in [0.4, 0.5) is 0 Å². The molecule has 1 amide bonds. The number of aryl methyl sites for hydroxylation is 2. The van der Waals surface area contributed by atoms with Gasteiger partial charge < -0.3 is 4.90 Å². The van der Waals surface area contributed by atoms with E-state index in [4.69, 9.17) is 0 Å². The quantitative estimate of drug-likeness (QED) is 0.854. The number of thiophene rings is 1. The molecule has 1 fully saturated rings. The van der Waals surface area contributed by atoms with Gasteiger partial charge in [0.15, 0.2) is 0 Å². The van der Waals surface area contributed by atoms with Gasteiger partial charge in [0.25, 0.3) is 0 Å². The SMILES string of the molecule is Cn1cc([C@H]2C[S@](=O)CCN2C(=O)CCc2ccsc2)cn1. The first-order valence-corrected chi connectivity index (χ1v) is 9.70. The summed E-state index contributed by atoms with van der Waals surface area (Å²) in [6, 6.07) is 1.94. The van der Waals surface area contributed by atoms with Crippen LogP contribution in [-0.2, 0) is 29.1 Å². The molecule has 5 nitrogen and oxygen atoms in total. The van der Waals surface area contributed by atoms with Crippen LogP contribution in [0.25, 0.3) is 0 Å². The molecule has 22 heavy (non-hydrogen) atoms. The molecule has 1 saturated heterocycles. The predicted octanol–water partition coefficient (Wildman–Crippen LogP) is 1.75. The van der Waals surface area contributed by atoms with Crippen LogP contribution < -0.4 is 0 Å². The summed E-state index contributed by atoms with van der Waals surface area (Å²) in [5.41, 5.74) is 2.18. The van der Waals surface area contributed by atoms with Gasteiger partial charge in [-0.25, -0.2) is 0 Å². The number of hydrogen-bond donors (Lipinski definition) is 0. The zero-order valence-electron chi connectivity index (χ0n) is 12.5. The minimum absolute atomic E-state index is 0.113. The van der Waals surface area contributed by atoms with E-state index in [2.05, 4.69) is 16.5 Å². The number of hydrogen-bond acceptors (Lipinski definition) is 4. The van der Waals surface area contributed by atoms with Crippen LogP contribution in [0.5, 0.6) is 0 Å². The molecule has 7 heteroatoms. The second-order valence-corrected chi connectivity index (χ2v) is 7.89. The fraction of sp³-hybridized carbons (Fsp3) is 0.467. The molecule has 0 aliphatic carbocycles. The minimum atomic E-state index is -0.861. The van der Waals surface area contributed by atoms with E-state index >= 15 is 0 Å². The molecule has 0 bridgehead atoms. The molecule has 3 rings (SSSR count). The van der Waals surface area contributed by atoms with Gasteiger partial charge in [0.2, 0.25) is 5.91 Å². The van der Waals surface area contributed by atoms with Crippen LogP contribution in [-0.4, -0.2) is 42.8 Å². The first kappa shape index (κ1) is 15.4. The topological polar surface area (TPSA) is 55.2 Å². The van der Waals surface area contributed by atoms with Crippen LogP contribution in [0, 0.1) is 0 Å². The first-order valence-electron chi connectivity index (χ1n) is 7.27. The van der Waals surface area contributed by atoms with Crippen LogP contribution in [0.2, 0.25) is 0 Å². The van der Waals surface area contributed by atoms with Gasteiger partial charge >= 0.3 is 0 Å². The molecule has 0 N–H and O–H groups in total. The molecule has 2 aromatic heterocycles. The average Bonchev–Trinajstić information content (AvgIpc) is 3.16. The number of amides is 1. The van der Waals surface area contributed by atoms with Gasteiger partial charge in [-0.2, -0.15) is 16.4 Å². The van der Waals surface area contributed by atoms with E-state index in [0.717, 1.165) is 12.0 Å². The molecule has 0 saturated carbocycles. The van der Waals surface area contributed by atoms with Crippen molar-refractivity contribution in [1.82, 2.24) is 14.7 Å². The van der Waals surface area contributed by atoms with Crippen LogP contribution in [0.15, 0.2) is 29.2 Å². The van der Waals surface area contributed by atoms with Crippen molar-refractivity contribution in [1.29, 1.82) is 0 Å². The van der Waals surface area contributed by atoms with Crippen molar-refractivity contribution in [3.05, 3.63) is 40.3 Å². The maximum Gasteiger partial charge on any atom is 0.223 e. The molecule has 2 aromatic rings. The zero-order chi connectivity index (χ0) is 15.5. The van der Waals surface area contributed by atoms with Gasteiger partial charge in [-0.15, -0.1) is 0 Å². The Morgan fingerprint density at radius 1 is 1.55 bits per heavy atom. The van der Waals surface area contributed by atoms with Crippen molar-refractivity contribution in [2.75, 3.05) is 18.1 Å². The Labute approximate surface area is 136 Å². The average molecular weight is 337 g/mol. The Morgan fingerprint density at radius 3 is 3.09 bits per heavy atom. The van der Waals surface area contributed by atoms with Crippen molar-refractivity contribution in [3.8, 4) is 0 Å². The van der Waals surface area contributed by atoms with Crippen LogP contribution in [0.3, 0.4) is 0 Å². The van der Waals surface area contributed by atoms with Gasteiger partial charge in [0, 0.05) is 54.1 Å². The third-order valence-corrected chi connectivity index (χ3v) is 5.97. The highest BCUT2D eigenvalue weighted by molar-refractivity contribution is 7.85. The monoisotopic (exact) mass is 337 g/mol. The molecular weight excluding hydrogens is 318 g/mol. The van der Waals surface area contributed by atoms with Crippen LogP contribution in [0.1, 0.15) is 23.6 Å². The van der Waals surface area contributed by atoms with E-state index in [1.165, 1.54) is 5.56 Å². The summed E-state index contributed by atoms with van der Waals surface area (Å²) in [5, 5.41) is 8.29. The molecule has 1 aliphatic heterocycles. The summed E-state index contributed by atoms with van der Waals surface area (Å²) in [5.74, 6) is 1.22. The van der Waals surface area contributed by atoms with Gasteiger partial charge in [-0.3, -0.25) is 13.7 Å². The Balaban J connectivity index is 1.71. The Kier molecular flexibility index (Phi) is 4.73. The number of carbonyl (C=O) groups excluding carboxylic acids is 1. The van der Waals surface area contributed by atoms with Crippen molar-refractivity contribution in [2.24, 2.45) is 7.05 Å². The van der Waals surface area contributed by atoms with Crippen molar-refractivity contribution in [2.45, 2.75) is 18.9 Å². The minimum Gasteiger partial charge on any atom is -0.334 e. The van der Waals surface area contributed by atoms with Crippen molar-refractivity contribution in [3.63, 3.8) is 0 Å². The Bertz CT molecular complexity index is 666. The lowest BCUT2D eigenvalue weighted by Gasteiger charge is -2.35. The first-order chi connectivity index (χ1) is 10.6. The normalized spacial score (nSPS) is 22.0. The van der Waals surface area contributed by atoms with E-state index < -0.39 is 10.8 Å². The molecule has 0 radical (unpaired) electrons. The number of aromatic nitrogens is 2. The van der Waals surface area contributed by atoms with E-state index in [0.29, 0.717) is 24.5 Å². The fourth-order valence-corrected chi connectivity index (χ4v) is 4.72. The third kappa shape index (κ3) is 3.47. The van der Waals surface area contributed by atoms with Crippen molar-refractivity contribution < 1.29 is 9.00 Å². The van der Waals surface area contributed by atoms with Gasteiger partial charge in [-0.05, 0) is 28.8 Å². The summed E-state index contributed by atoms with van der Waals surface area (Å²) in [6.07, 6.45) is 4.94.